The summed E-state index contributed by atoms with van der Waals surface area (Å²) in [6.07, 6.45) is 4.59. The van der Waals surface area contributed by atoms with E-state index in [9.17, 15) is 13.2 Å². The lowest BCUT2D eigenvalue weighted by molar-refractivity contribution is 0.0211. The quantitative estimate of drug-likeness (QED) is 0.583. The topological polar surface area (TPSA) is 60.4 Å². The molecule has 1 fully saturated rings. The molecule has 1 aliphatic rings. The molecule has 0 atom stereocenters. The second-order valence-electron chi connectivity index (χ2n) is 4.87. The molecular weight excluding hydrogens is 359 g/mol. The van der Waals surface area contributed by atoms with Crippen LogP contribution in [-0.2, 0) is 13.8 Å². The lowest BCUT2D eigenvalue weighted by Crippen LogP contribution is -2.21. The van der Waals surface area contributed by atoms with Crippen LogP contribution in [0.3, 0.4) is 0 Å². The van der Waals surface area contributed by atoms with Crippen molar-refractivity contribution in [2.24, 2.45) is 0 Å². The van der Waals surface area contributed by atoms with E-state index >= 15 is 0 Å². The first-order chi connectivity index (χ1) is 9.79. The third-order valence-corrected chi connectivity index (χ3v) is 5.43. The monoisotopic (exact) mass is 370 g/mol. The molecule has 0 heterocycles. The maximum atomic E-state index is 12.1. The Hall–Kier alpha value is -0.490. The zero-order valence-electron chi connectivity index (χ0n) is 10.9. The van der Waals surface area contributed by atoms with E-state index in [0.29, 0.717) is 0 Å². The van der Waals surface area contributed by atoms with Crippen molar-refractivity contribution >= 4 is 48.9 Å². The highest BCUT2D eigenvalue weighted by atomic mass is 35.7. The highest BCUT2D eigenvalue weighted by Gasteiger charge is 2.24. The Bertz CT molecular complexity index is 652. The molecule has 21 heavy (non-hydrogen) atoms. The fraction of sp³-hybridized carbons (Fsp3) is 0.462. The van der Waals surface area contributed by atoms with Crippen molar-refractivity contribution in [3.8, 4) is 0 Å². The summed E-state index contributed by atoms with van der Waals surface area (Å²) < 4.78 is 28.2. The SMILES string of the molecule is O=C(OC1CCCCC1)c1cc(S(=O)(=O)Cl)c(Cl)cc1Cl. The third-order valence-electron chi connectivity index (χ3n) is 3.33. The summed E-state index contributed by atoms with van der Waals surface area (Å²) in [5, 5.41) is -0.103. The van der Waals surface area contributed by atoms with E-state index in [-0.39, 0.29) is 26.6 Å². The molecule has 0 amide bonds. The van der Waals surface area contributed by atoms with E-state index in [1.165, 1.54) is 6.07 Å². The van der Waals surface area contributed by atoms with Gasteiger partial charge in [0.25, 0.3) is 9.05 Å². The van der Waals surface area contributed by atoms with Crippen LogP contribution in [0.15, 0.2) is 17.0 Å². The number of hydrogen-bond donors (Lipinski definition) is 0. The van der Waals surface area contributed by atoms with Crippen LogP contribution >= 0.6 is 33.9 Å². The fourth-order valence-electron chi connectivity index (χ4n) is 2.27. The van der Waals surface area contributed by atoms with Crippen molar-refractivity contribution in [3.05, 3.63) is 27.7 Å². The molecule has 0 aromatic heterocycles. The molecule has 8 heteroatoms. The second kappa shape index (κ2) is 6.73. The zero-order chi connectivity index (χ0) is 15.6. The van der Waals surface area contributed by atoms with Gasteiger partial charge in [-0.05, 0) is 37.8 Å². The van der Waals surface area contributed by atoms with Crippen LogP contribution in [-0.4, -0.2) is 20.5 Å². The predicted octanol–water partition coefficient (Wildman–Crippen LogP) is 4.41. The first-order valence-corrected chi connectivity index (χ1v) is 9.50. The van der Waals surface area contributed by atoms with E-state index in [1.807, 2.05) is 0 Å². The number of hydrogen-bond acceptors (Lipinski definition) is 4. The number of carbonyl (C=O) groups is 1. The van der Waals surface area contributed by atoms with Crippen molar-refractivity contribution in [3.63, 3.8) is 0 Å². The summed E-state index contributed by atoms with van der Waals surface area (Å²) in [5.41, 5.74) is -0.0501. The number of esters is 1. The number of ether oxygens (including phenoxy) is 1. The van der Waals surface area contributed by atoms with Gasteiger partial charge in [0.1, 0.15) is 11.0 Å². The molecule has 1 aromatic carbocycles. The molecule has 1 aromatic rings. The molecule has 1 aliphatic carbocycles. The average Bonchev–Trinajstić information content (AvgIpc) is 2.38. The van der Waals surface area contributed by atoms with Gasteiger partial charge in [-0.3, -0.25) is 0 Å². The lowest BCUT2D eigenvalue weighted by Gasteiger charge is -2.22. The van der Waals surface area contributed by atoms with E-state index in [0.717, 1.165) is 38.2 Å². The smallest absolute Gasteiger partial charge is 0.339 e. The minimum Gasteiger partial charge on any atom is -0.459 e. The van der Waals surface area contributed by atoms with Crippen molar-refractivity contribution in [2.45, 2.75) is 43.1 Å². The van der Waals surface area contributed by atoms with Crippen molar-refractivity contribution in [1.29, 1.82) is 0 Å². The highest BCUT2D eigenvalue weighted by Crippen LogP contribution is 2.32. The largest absolute Gasteiger partial charge is 0.459 e. The third kappa shape index (κ3) is 4.25. The van der Waals surface area contributed by atoms with E-state index < -0.39 is 15.0 Å². The van der Waals surface area contributed by atoms with Crippen LogP contribution < -0.4 is 0 Å². The van der Waals surface area contributed by atoms with Crippen LogP contribution in [0, 0.1) is 0 Å². The second-order valence-corrected chi connectivity index (χ2v) is 8.21. The Morgan fingerprint density at radius 3 is 2.29 bits per heavy atom. The number of halogens is 3. The molecule has 0 aliphatic heterocycles. The molecule has 0 N–H and O–H groups in total. The van der Waals surface area contributed by atoms with Crippen LogP contribution in [0.5, 0.6) is 0 Å². The lowest BCUT2D eigenvalue weighted by atomic mass is 9.98. The van der Waals surface area contributed by atoms with Gasteiger partial charge in [0, 0.05) is 10.7 Å². The minimum absolute atomic E-state index is 0.0323. The molecule has 4 nitrogen and oxygen atoms in total. The van der Waals surface area contributed by atoms with Crippen molar-refractivity contribution in [2.75, 3.05) is 0 Å². The van der Waals surface area contributed by atoms with Gasteiger partial charge in [-0.1, -0.05) is 29.6 Å². The van der Waals surface area contributed by atoms with Gasteiger partial charge in [-0.2, -0.15) is 0 Å². The van der Waals surface area contributed by atoms with Crippen molar-refractivity contribution in [1.82, 2.24) is 0 Å². The van der Waals surface area contributed by atoms with Gasteiger partial charge >= 0.3 is 5.97 Å². The van der Waals surface area contributed by atoms with Crippen LogP contribution in [0.4, 0.5) is 0 Å². The first-order valence-electron chi connectivity index (χ1n) is 6.43. The molecular formula is C13H13Cl3O4S. The van der Waals surface area contributed by atoms with Gasteiger partial charge < -0.3 is 4.74 Å². The predicted molar refractivity (Wildman–Crippen MR) is 81.8 cm³/mol. The summed E-state index contributed by atoms with van der Waals surface area (Å²) in [5.74, 6) is -0.662. The normalized spacial score (nSPS) is 16.7. The Morgan fingerprint density at radius 2 is 1.71 bits per heavy atom. The maximum absolute atomic E-state index is 12.1. The Morgan fingerprint density at radius 1 is 1.10 bits per heavy atom. The maximum Gasteiger partial charge on any atom is 0.339 e. The molecule has 0 spiro atoms. The van der Waals surface area contributed by atoms with E-state index in [1.54, 1.807) is 0 Å². The Labute approximate surface area is 137 Å². The summed E-state index contributed by atoms with van der Waals surface area (Å²) in [4.78, 5) is 11.8. The molecule has 116 valence electrons. The van der Waals surface area contributed by atoms with Gasteiger partial charge in [0.05, 0.1) is 15.6 Å². The van der Waals surface area contributed by atoms with Crippen LogP contribution in [0.1, 0.15) is 42.5 Å². The van der Waals surface area contributed by atoms with Gasteiger partial charge in [-0.25, -0.2) is 13.2 Å². The first kappa shape index (κ1) is 16.9. The molecule has 1 saturated carbocycles. The average molecular weight is 372 g/mol. The summed E-state index contributed by atoms with van der Waals surface area (Å²) in [6.45, 7) is 0. The number of benzene rings is 1. The van der Waals surface area contributed by atoms with E-state index in [4.69, 9.17) is 38.6 Å². The van der Waals surface area contributed by atoms with Crippen LogP contribution in [0.2, 0.25) is 10.0 Å². The molecule has 0 radical (unpaired) electrons. The molecule has 0 unspecified atom stereocenters. The van der Waals surface area contributed by atoms with E-state index in [2.05, 4.69) is 0 Å². The Balaban J connectivity index is 2.28. The molecule has 0 bridgehead atoms. The van der Waals surface area contributed by atoms with Crippen molar-refractivity contribution < 1.29 is 17.9 Å². The van der Waals surface area contributed by atoms with Gasteiger partial charge in [0.15, 0.2) is 0 Å². The standard InChI is InChI=1S/C13H13Cl3O4S/c14-10-7-11(15)12(21(16,18)19)6-9(10)13(17)20-8-4-2-1-3-5-8/h6-8H,1-5H2. The summed E-state index contributed by atoms with van der Waals surface area (Å²) in [6, 6.07) is 2.23. The molecule has 0 saturated heterocycles. The van der Waals surface area contributed by atoms with Gasteiger partial charge in [-0.15, -0.1) is 0 Å². The minimum atomic E-state index is -4.07. The zero-order valence-corrected chi connectivity index (χ0v) is 14.0. The fourth-order valence-corrected chi connectivity index (χ4v) is 4.09. The number of carbonyl (C=O) groups excluding carboxylic acids is 1. The molecule has 2 rings (SSSR count). The summed E-state index contributed by atoms with van der Waals surface area (Å²) >= 11 is 11.7. The summed E-state index contributed by atoms with van der Waals surface area (Å²) in [7, 11) is 1.21. The van der Waals surface area contributed by atoms with Gasteiger partial charge in [0.2, 0.25) is 0 Å². The number of rotatable bonds is 3. The Kier molecular flexibility index (Phi) is 5.41. The van der Waals surface area contributed by atoms with Crippen LogP contribution in [0.25, 0.3) is 0 Å². The highest BCUT2D eigenvalue weighted by molar-refractivity contribution is 8.13.